The zero-order chi connectivity index (χ0) is 15.1. The molecule has 0 amide bonds. The van der Waals surface area contributed by atoms with Crippen LogP contribution in [0, 0.1) is 6.92 Å². The second kappa shape index (κ2) is 4.97. The smallest absolute Gasteiger partial charge is 0.497 e. The highest BCUT2D eigenvalue weighted by molar-refractivity contribution is 6.63. The lowest BCUT2D eigenvalue weighted by Crippen LogP contribution is -2.41. The van der Waals surface area contributed by atoms with E-state index in [9.17, 15) is 0 Å². The van der Waals surface area contributed by atoms with Gasteiger partial charge in [0.05, 0.1) is 25.4 Å². The molecule has 2 rings (SSSR count). The molecule has 0 saturated carbocycles. The molecule has 1 heterocycles. The molecule has 20 heavy (non-hydrogen) atoms. The zero-order valence-corrected chi connectivity index (χ0v) is 13.4. The molecule has 1 aliphatic heterocycles. The average Bonchev–Trinajstić information content (AvgIpc) is 2.56. The van der Waals surface area contributed by atoms with Gasteiger partial charge in [-0.3, -0.25) is 0 Å². The van der Waals surface area contributed by atoms with Crippen LogP contribution < -0.4 is 14.9 Å². The molecule has 0 unspecified atom stereocenters. The summed E-state index contributed by atoms with van der Waals surface area (Å²) < 4.78 is 23.0. The molecule has 1 aromatic carbocycles. The van der Waals surface area contributed by atoms with Gasteiger partial charge in [0.25, 0.3) is 0 Å². The molecule has 0 atom stereocenters. The van der Waals surface area contributed by atoms with Crippen molar-refractivity contribution in [2.24, 2.45) is 0 Å². The number of methoxy groups -OCH3 is 2. The van der Waals surface area contributed by atoms with E-state index in [1.165, 1.54) is 0 Å². The third kappa shape index (κ3) is 2.40. The van der Waals surface area contributed by atoms with E-state index < -0.39 is 7.12 Å². The molecule has 1 aromatic rings. The highest BCUT2D eigenvalue weighted by Crippen LogP contribution is 2.37. The van der Waals surface area contributed by atoms with Gasteiger partial charge in [-0.05, 0) is 46.2 Å². The van der Waals surface area contributed by atoms with Crippen LogP contribution in [-0.4, -0.2) is 32.5 Å². The van der Waals surface area contributed by atoms with Crippen molar-refractivity contribution in [2.75, 3.05) is 14.2 Å². The molecule has 110 valence electrons. The Labute approximate surface area is 121 Å². The van der Waals surface area contributed by atoms with Crippen molar-refractivity contribution < 1.29 is 18.8 Å². The number of ether oxygens (including phenoxy) is 2. The highest BCUT2D eigenvalue weighted by Gasteiger charge is 2.52. The van der Waals surface area contributed by atoms with E-state index in [4.69, 9.17) is 18.8 Å². The first kappa shape index (κ1) is 15.2. The normalized spacial score (nSPS) is 20.1. The Balaban J connectivity index is 2.44. The maximum absolute atomic E-state index is 6.10. The van der Waals surface area contributed by atoms with Crippen LogP contribution in [0.15, 0.2) is 12.1 Å². The SMILES string of the molecule is COc1cc(C)c(B2OC(C)(C)C(C)(C)O2)c(OC)c1. The second-order valence-electron chi connectivity index (χ2n) is 6.15. The van der Waals surface area contributed by atoms with Gasteiger partial charge in [-0.2, -0.15) is 0 Å². The molecule has 0 N–H and O–H groups in total. The van der Waals surface area contributed by atoms with E-state index >= 15 is 0 Å². The molecular weight excluding hydrogens is 255 g/mol. The lowest BCUT2D eigenvalue weighted by Gasteiger charge is -2.32. The van der Waals surface area contributed by atoms with Crippen LogP contribution in [0.1, 0.15) is 33.3 Å². The largest absolute Gasteiger partial charge is 0.498 e. The number of aryl methyl sites for hydroxylation is 1. The summed E-state index contributed by atoms with van der Waals surface area (Å²) in [7, 11) is 2.85. The molecule has 0 spiro atoms. The van der Waals surface area contributed by atoms with Crippen molar-refractivity contribution in [3.05, 3.63) is 17.7 Å². The Kier molecular flexibility index (Phi) is 3.78. The summed E-state index contributed by atoms with van der Waals surface area (Å²) in [6, 6.07) is 3.82. The standard InChI is InChI=1S/C15H23BO4/c1-10-8-11(17-6)9-12(18-7)13(10)16-19-14(2,3)15(4,5)20-16/h8-9H,1-7H3. The van der Waals surface area contributed by atoms with E-state index in [1.54, 1.807) is 14.2 Å². The van der Waals surface area contributed by atoms with Gasteiger partial charge in [-0.1, -0.05) is 0 Å². The third-order valence-corrected chi connectivity index (χ3v) is 4.27. The van der Waals surface area contributed by atoms with Crippen LogP contribution in [0.4, 0.5) is 0 Å². The molecule has 4 nitrogen and oxygen atoms in total. The number of benzene rings is 1. The van der Waals surface area contributed by atoms with Crippen LogP contribution in [-0.2, 0) is 9.31 Å². The van der Waals surface area contributed by atoms with Gasteiger partial charge >= 0.3 is 7.12 Å². The molecule has 0 radical (unpaired) electrons. The Morgan fingerprint density at radius 1 is 0.950 bits per heavy atom. The number of hydrogen-bond donors (Lipinski definition) is 0. The molecule has 1 fully saturated rings. The summed E-state index contributed by atoms with van der Waals surface area (Å²) in [5, 5.41) is 0. The minimum atomic E-state index is -0.430. The van der Waals surface area contributed by atoms with E-state index in [0.717, 1.165) is 22.5 Å². The fourth-order valence-corrected chi connectivity index (χ4v) is 2.28. The molecule has 0 aliphatic carbocycles. The topological polar surface area (TPSA) is 36.9 Å². The van der Waals surface area contributed by atoms with E-state index in [1.807, 2.05) is 46.8 Å². The van der Waals surface area contributed by atoms with Crippen molar-refractivity contribution >= 4 is 12.6 Å². The van der Waals surface area contributed by atoms with Crippen molar-refractivity contribution in [3.8, 4) is 11.5 Å². The first-order chi connectivity index (χ1) is 9.21. The van der Waals surface area contributed by atoms with Gasteiger partial charge in [-0.25, -0.2) is 0 Å². The molecular formula is C15H23BO4. The minimum absolute atomic E-state index is 0.366. The fraction of sp³-hybridized carbons (Fsp3) is 0.600. The maximum atomic E-state index is 6.10. The van der Waals surface area contributed by atoms with Gasteiger partial charge in [0.2, 0.25) is 0 Å². The van der Waals surface area contributed by atoms with Crippen molar-refractivity contribution in [1.29, 1.82) is 0 Å². The molecule has 5 heteroatoms. The van der Waals surface area contributed by atoms with Crippen LogP contribution in [0.25, 0.3) is 0 Å². The van der Waals surface area contributed by atoms with Crippen LogP contribution in [0.3, 0.4) is 0 Å². The Bertz CT molecular complexity index is 495. The third-order valence-electron chi connectivity index (χ3n) is 4.27. The van der Waals surface area contributed by atoms with Crippen molar-refractivity contribution in [1.82, 2.24) is 0 Å². The van der Waals surface area contributed by atoms with Crippen molar-refractivity contribution in [3.63, 3.8) is 0 Å². The Hall–Kier alpha value is -1.20. The first-order valence-electron chi connectivity index (χ1n) is 6.80. The summed E-state index contributed by atoms with van der Waals surface area (Å²) in [6.45, 7) is 10.2. The maximum Gasteiger partial charge on any atom is 0.498 e. The summed E-state index contributed by atoms with van der Waals surface area (Å²) >= 11 is 0. The monoisotopic (exact) mass is 278 g/mol. The lowest BCUT2D eigenvalue weighted by atomic mass is 9.75. The number of rotatable bonds is 3. The highest BCUT2D eigenvalue weighted by atomic mass is 16.7. The average molecular weight is 278 g/mol. The summed E-state index contributed by atoms with van der Waals surface area (Å²) in [5.41, 5.74) is 1.22. The second-order valence-corrected chi connectivity index (χ2v) is 6.15. The van der Waals surface area contributed by atoms with Gasteiger partial charge in [0.15, 0.2) is 0 Å². The Morgan fingerprint density at radius 2 is 1.50 bits per heavy atom. The van der Waals surface area contributed by atoms with Crippen molar-refractivity contribution in [2.45, 2.75) is 45.8 Å². The minimum Gasteiger partial charge on any atom is -0.497 e. The predicted molar refractivity (Wildman–Crippen MR) is 80.0 cm³/mol. The predicted octanol–water partition coefficient (Wildman–Crippen LogP) is 2.31. The summed E-state index contributed by atoms with van der Waals surface area (Å²) in [5.74, 6) is 1.49. The van der Waals surface area contributed by atoms with Gasteiger partial charge in [-0.15, -0.1) is 0 Å². The molecule has 0 aromatic heterocycles. The van der Waals surface area contributed by atoms with Gasteiger partial charge < -0.3 is 18.8 Å². The first-order valence-corrected chi connectivity index (χ1v) is 6.80. The van der Waals surface area contributed by atoms with Gasteiger partial charge in [0.1, 0.15) is 11.5 Å². The number of hydrogen-bond acceptors (Lipinski definition) is 4. The van der Waals surface area contributed by atoms with Crippen LogP contribution in [0.2, 0.25) is 0 Å². The van der Waals surface area contributed by atoms with Gasteiger partial charge in [0, 0.05) is 11.5 Å². The van der Waals surface area contributed by atoms with E-state index in [2.05, 4.69) is 0 Å². The zero-order valence-electron chi connectivity index (χ0n) is 13.4. The quantitative estimate of drug-likeness (QED) is 0.795. The molecule has 1 saturated heterocycles. The summed E-state index contributed by atoms with van der Waals surface area (Å²) in [6.07, 6.45) is 0. The fourth-order valence-electron chi connectivity index (χ4n) is 2.28. The summed E-state index contributed by atoms with van der Waals surface area (Å²) in [4.78, 5) is 0. The van der Waals surface area contributed by atoms with Crippen LogP contribution >= 0.6 is 0 Å². The molecule has 1 aliphatic rings. The Morgan fingerprint density at radius 3 is 1.95 bits per heavy atom. The van der Waals surface area contributed by atoms with Crippen LogP contribution in [0.5, 0.6) is 11.5 Å². The van der Waals surface area contributed by atoms with E-state index in [-0.39, 0.29) is 11.2 Å². The lowest BCUT2D eigenvalue weighted by molar-refractivity contribution is 0.00578. The van der Waals surface area contributed by atoms with E-state index in [0.29, 0.717) is 0 Å². The molecule has 0 bridgehead atoms.